The Morgan fingerprint density at radius 2 is 1.83 bits per heavy atom. The largest absolute Gasteiger partial charge is 0.488 e. The highest BCUT2D eigenvalue weighted by atomic mass is 79.9. The van der Waals surface area contributed by atoms with Crippen molar-refractivity contribution in [3.63, 3.8) is 0 Å². The number of benzene rings is 2. The summed E-state index contributed by atoms with van der Waals surface area (Å²) in [6.07, 6.45) is 2.81. The molecule has 24 heavy (non-hydrogen) atoms. The van der Waals surface area contributed by atoms with Gasteiger partial charge >= 0.3 is 5.63 Å². The number of ether oxygens (including phenoxy) is 1. The molecule has 0 saturated carbocycles. The molecule has 122 valence electrons. The molecule has 0 spiro atoms. The molecule has 0 unspecified atom stereocenters. The SMILES string of the molecule is Cc1c(OCc2ccc(Br)cc2)ccc2c3c(c(=O)oc12)CCC3. The monoisotopic (exact) mass is 384 g/mol. The van der Waals surface area contributed by atoms with Gasteiger partial charge in [-0.25, -0.2) is 4.79 Å². The quantitative estimate of drug-likeness (QED) is 0.600. The van der Waals surface area contributed by atoms with Crippen LogP contribution in [0.3, 0.4) is 0 Å². The number of halogens is 1. The Labute approximate surface area is 148 Å². The van der Waals surface area contributed by atoms with Crippen molar-refractivity contribution in [2.24, 2.45) is 0 Å². The Kier molecular flexibility index (Phi) is 3.93. The molecule has 1 aliphatic carbocycles. The zero-order valence-electron chi connectivity index (χ0n) is 13.4. The summed E-state index contributed by atoms with van der Waals surface area (Å²) in [5.41, 5.74) is 4.45. The molecule has 0 atom stereocenters. The number of rotatable bonds is 3. The van der Waals surface area contributed by atoms with E-state index in [1.807, 2.05) is 43.3 Å². The molecule has 0 N–H and O–H groups in total. The van der Waals surface area contributed by atoms with Crippen molar-refractivity contribution in [1.29, 1.82) is 0 Å². The maximum atomic E-state index is 12.2. The van der Waals surface area contributed by atoms with Crippen LogP contribution in [0.2, 0.25) is 0 Å². The zero-order valence-corrected chi connectivity index (χ0v) is 15.0. The maximum absolute atomic E-state index is 12.2. The second-order valence-corrected chi connectivity index (χ2v) is 7.10. The smallest absolute Gasteiger partial charge is 0.339 e. The zero-order chi connectivity index (χ0) is 16.7. The fourth-order valence-corrected chi connectivity index (χ4v) is 3.63. The minimum Gasteiger partial charge on any atom is -0.488 e. The Morgan fingerprint density at radius 1 is 1.08 bits per heavy atom. The number of fused-ring (bicyclic) bond motifs is 3. The van der Waals surface area contributed by atoms with Crippen LogP contribution in [0, 0.1) is 6.92 Å². The summed E-state index contributed by atoms with van der Waals surface area (Å²) in [6, 6.07) is 12.0. The molecule has 3 nitrogen and oxygen atoms in total. The Balaban J connectivity index is 1.70. The minimum atomic E-state index is -0.192. The highest BCUT2D eigenvalue weighted by Gasteiger charge is 2.21. The van der Waals surface area contributed by atoms with Gasteiger partial charge in [-0.05, 0) is 61.6 Å². The second kappa shape index (κ2) is 6.10. The summed E-state index contributed by atoms with van der Waals surface area (Å²) in [5, 5.41) is 1.05. The molecular formula is C20H17BrO3. The molecule has 1 heterocycles. The summed E-state index contributed by atoms with van der Waals surface area (Å²) in [5.74, 6) is 0.756. The predicted octanol–water partition coefficient (Wildman–Crippen LogP) is 4.93. The van der Waals surface area contributed by atoms with Crippen molar-refractivity contribution < 1.29 is 9.15 Å². The van der Waals surface area contributed by atoms with Crippen molar-refractivity contribution in [3.8, 4) is 5.75 Å². The highest BCUT2D eigenvalue weighted by Crippen LogP contribution is 2.33. The van der Waals surface area contributed by atoms with Gasteiger partial charge in [0.05, 0.1) is 0 Å². The average molecular weight is 385 g/mol. The van der Waals surface area contributed by atoms with Crippen LogP contribution in [0.1, 0.15) is 28.7 Å². The summed E-state index contributed by atoms with van der Waals surface area (Å²) in [4.78, 5) is 12.2. The van der Waals surface area contributed by atoms with E-state index in [-0.39, 0.29) is 5.63 Å². The molecule has 0 aliphatic heterocycles. The fourth-order valence-electron chi connectivity index (χ4n) is 3.36. The first-order chi connectivity index (χ1) is 11.6. The molecule has 2 aromatic carbocycles. The van der Waals surface area contributed by atoms with E-state index in [0.29, 0.717) is 12.2 Å². The van der Waals surface area contributed by atoms with Gasteiger partial charge in [-0.2, -0.15) is 0 Å². The predicted molar refractivity (Wildman–Crippen MR) is 97.7 cm³/mol. The summed E-state index contributed by atoms with van der Waals surface area (Å²) >= 11 is 3.43. The van der Waals surface area contributed by atoms with Gasteiger partial charge in [0.25, 0.3) is 0 Å². The van der Waals surface area contributed by atoms with E-state index < -0.39 is 0 Å². The fraction of sp³-hybridized carbons (Fsp3) is 0.250. The summed E-state index contributed by atoms with van der Waals surface area (Å²) < 4.78 is 12.6. The molecule has 0 radical (unpaired) electrons. The van der Waals surface area contributed by atoms with Gasteiger partial charge in [0.15, 0.2) is 0 Å². The Hall–Kier alpha value is -2.07. The second-order valence-electron chi connectivity index (χ2n) is 6.18. The topological polar surface area (TPSA) is 39.4 Å². The van der Waals surface area contributed by atoms with Crippen LogP contribution in [0.4, 0.5) is 0 Å². The van der Waals surface area contributed by atoms with Crippen molar-refractivity contribution in [1.82, 2.24) is 0 Å². The van der Waals surface area contributed by atoms with Crippen LogP contribution in [0.5, 0.6) is 5.75 Å². The molecule has 1 aromatic heterocycles. The average Bonchev–Trinajstić information content (AvgIpc) is 3.07. The third-order valence-corrected chi connectivity index (χ3v) is 5.18. The lowest BCUT2D eigenvalue weighted by molar-refractivity contribution is 0.304. The molecule has 0 fully saturated rings. The first-order valence-corrected chi connectivity index (χ1v) is 8.88. The van der Waals surface area contributed by atoms with Crippen molar-refractivity contribution >= 4 is 26.9 Å². The molecular weight excluding hydrogens is 368 g/mol. The Morgan fingerprint density at radius 3 is 2.62 bits per heavy atom. The normalized spacial score (nSPS) is 13.2. The van der Waals surface area contributed by atoms with E-state index in [4.69, 9.17) is 9.15 Å². The molecule has 1 aliphatic rings. The highest BCUT2D eigenvalue weighted by molar-refractivity contribution is 9.10. The summed E-state index contributed by atoms with van der Waals surface area (Å²) in [6.45, 7) is 2.43. The van der Waals surface area contributed by atoms with E-state index in [2.05, 4.69) is 15.9 Å². The van der Waals surface area contributed by atoms with E-state index in [0.717, 1.165) is 57.1 Å². The molecule has 3 aromatic rings. The molecule has 0 saturated heterocycles. The van der Waals surface area contributed by atoms with Crippen LogP contribution in [-0.2, 0) is 19.4 Å². The number of hydrogen-bond donors (Lipinski definition) is 0. The van der Waals surface area contributed by atoms with Gasteiger partial charge in [0, 0.05) is 21.0 Å². The first kappa shape index (κ1) is 15.5. The molecule has 0 amide bonds. The number of hydrogen-bond acceptors (Lipinski definition) is 3. The lowest BCUT2D eigenvalue weighted by Crippen LogP contribution is -2.08. The third-order valence-electron chi connectivity index (χ3n) is 4.65. The summed E-state index contributed by atoms with van der Waals surface area (Å²) in [7, 11) is 0. The molecule has 4 heteroatoms. The van der Waals surface area contributed by atoms with Crippen LogP contribution in [0.25, 0.3) is 11.0 Å². The van der Waals surface area contributed by atoms with Crippen LogP contribution in [-0.4, -0.2) is 0 Å². The Bertz CT molecular complexity index is 971. The first-order valence-electron chi connectivity index (χ1n) is 8.09. The van der Waals surface area contributed by atoms with Crippen LogP contribution in [0.15, 0.2) is 50.1 Å². The van der Waals surface area contributed by atoms with Gasteiger partial charge in [-0.3, -0.25) is 0 Å². The van der Waals surface area contributed by atoms with Gasteiger partial charge < -0.3 is 9.15 Å². The van der Waals surface area contributed by atoms with Crippen molar-refractivity contribution in [3.05, 3.63) is 73.5 Å². The number of aryl methyl sites for hydroxylation is 2. The molecule has 4 rings (SSSR count). The van der Waals surface area contributed by atoms with Gasteiger partial charge in [-0.15, -0.1) is 0 Å². The maximum Gasteiger partial charge on any atom is 0.339 e. The van der Waals surface area contributed by atoms with E-state index in [1.165, 1.54) is 0 Å². The van der Waals surface area contributed by atoms with Gasteiger partial charge in [0.2, 0.25) is 0 Å². The van der Waals surface area contributed by atoms with E-state index in [1.54, 1.807) is 0 Å². The van der Waals surface area contributed by atoms with Gasteiger partial charge in [-0.1, -0.05) is 28.1 Å². The lowest BCUT2D eigenvalue weighted by atomic mass is 10.0. The van der Waals surface area contributed by atoms with Crippen LogP contribution >= 0.6 is 15.9 Å². The van der Waals surface area contributed by atoms with Crippen molar-refractivity contribution in [2.45, 2.75) is 32.8 Å². The van der Waals surface area contributed by atoms with Gasteiger partial charge in [0.1, 0.15) is 17.9 Å². The molecule has 0 bridgehead atoms. The van der Waals surface area contributed by atoms with Crippen LogP contribution < -0.4 is 10.4 Å². The van der Waals surface area contributed by atoms with E-state index >= 15 is 0 Å². The third kappa shape index (κ3) is 2.65. The minimum absolute atomic E-state index is 0.192. The van der Waals surface area contributed by atoms with E-state index in [9.17, 15) is 4.79 Å². The van der Waals surface area contributed by atoms with Crippen molar-refractivity contribution in [2.75, 3.05) is 0 Å². The standard InChI is InChI=1S/C20H17BrO3/c1-12-18(23-11-13-5-7-14(21)8-6-13)10-9-16-15-3-2-4-17(15)20(22)24-19(12)16/h5-10H,2-4,11H2,1H3. The lowest BCUT2D eigenvalue weighted by Gasteiger charge is -2.12.